The highest BCUT2D eigenvalue weighted by molar-refractivity contribution is 6.25. The van der Waals surface area contributed by atoms with Gasteiger partial charge in [-0.2, -0.15) is 0 Å². The molecule has 0 heterocycles. The second-order valence-electron chi connectivity index (χ2n) is 2.88. The number of benzene rings is 1. The van der Waals surface area contributed by atoms with Crippen LogP contribution in [-0.2, 0) is 11.3 Å². The lowest BCUT2D eigenvalue weighted by Gasteiger charge is -2.05. The van der Waals surface area contributed by atoms with Gasteiger partial charge < -0.3 is 10.1 Å². The third-order valence-corrected chi connectivity index (χ3v) is 1.93. The fraction of sp³-hybridized carbons (Fsp3) is 0.273. The van der Waals surface area contributed by atoms with Crippen LogP contribution in [0.15, 0.2) is 35.9 Å². The average molecular weight is 212 g/mol. The van der Waals surface area contributed by atoms with E-state index in [2.05, 4.69) is 11.4 Å². The van der Waals surface area contributed by atoms with Gasteiger partial charge in [-0.15, -0.1) is 0 Å². The van der Waals surface area contributed by atoms with E-state index in [0.29, 0.717) is 6.61 Å². The van der Waals surface area contributed by atoms with E-state index >= 15 is 0 Å². The molecule has 0 saturated heterocycles. The summed E-state index contributed by atoms with van der Waals surface area (Å²) in [6.07, 6.45) is 1.85. The summed E-state index contributed by atoms with van der Waals surface area (Å²) in [5.74, 6) is 0. The monoisotopic (exact) mass is 211 g/mol. The van der Waals surface area contributed by atoms with E-state index in [1.165, 1.54) is 5.54 Å². The maximum atomic E-state index is 5.41. The summed E-state index contributed by atoms with van der Waals surface area (Å²) in [4.78, 5) is 0. The van der Waals surface area contributed by atoms with Crippen LogP contribution in [0.5, 0.6) is 0 Å². The molecule has 2 nitrogen and oxygen atoms in total. The highest BCUT2D eigenvalue weighted by atomic mass is 35.5. The lowest BCUT2D eigenvalue weighted by atomic mass is 10.2. The number of hydrogen-bond acceptors (Lipinski definition) is 2. The van der Waals surface area contributed by atoms with Crippen molar-refractivity contribution in [1.29, 1.82) is 0 Å². The SMILES string of the molecule is COCc1cccc(NC/C=C/Cl)c1. The van der Waals surface area contributed by atoms with Crippen molar-refractivity contribution in [1.82, 2.24) is 0 Å². The minimum atomic E-state index is 0.640. The third kappa shape index (κ3) is 3.81. The predicted molar refractivity (Wildman–Crippen MR) is 60.6 cm³/mol. The molecule has 0 radical (unpaired) electrons. The summed E-state index contributed by atoms with van der Waals surface area (Å²) < 4.78 is 5.05. The van der Waals surface area contributed by atoms with Crippen molar-refractivity contribution in [3.8, 4) is 0 Å². The zero-order chi connectivity index (χ0) is 10.2. The van der Waals surface area contributed by atoms with E-state index in [9.17, 15) is 0 Å². The van der Waals surface area contributed by atoms with Crippen molar-refractivity contribution < 1.29 is 4.74 Å². The fourth-order valence-electron chi connectivity index (χ4n) is 1.16. The summed E-state index contributed by atoms with van der Waals surface area (Å²) in [6, 6.07) is 8.11. The molecule has 14 heavy (non-hydrogen) atoms. The van der Waals surface area contributed by atoms with Crippen molar-refractivity contribution in [3.05, 3.63) is 41.4 Å². The number of hydrogen-bond donors (Lipinski definition) is 1. The van der Waals surface area contributed by atoms with Crippen LogP contribution in [0, 0.1) is 0 Å². The van der Waals surface area contributed by atoms with Crippen LogP contribution in [0.1, 0.15) is 5.56 Å². The molecule has 76 valence electrons. The van der Waals surface area contributed by atoms with Crippen molar-refractivity contribution in [3.63, 3.8) is 0 Å². The minimum Gasteiger partial charge on any atom is -0.382 e. The smallest absolute Gasteiger partial charge is 0.0713 e. The third-order valence-electron chi connectivity index (χ3n) is 1.75. The molecule has 0 aliphatic carbocycles. The zero-order valence-corrected chi connectivity index (χ0v) is 8.92. The molecule has 0 atom stereocenters. The van der Waals surface area contributed by atoms with Gasteiger partial charge >= 0.3 is 0 Å². The van der Waals surface area contributed by atoms with E-state index < -0.39 is 0 Å². The van der Waals surface area contributed by atoms with Crippen LogP contribution in [0.4, 0.5) is 5.69 Å². The first-order valence-electron chi connectivity index (χ1n) is 4.44. The number of methoxy groups -OCH3 is 1. The molecule has 0 aromatic heterocycles. The first-order valence-corrected chi connectivity index (χ1v) is 4.87. The summed E-state index contributed by atoms with van der Waals surface area (Å²) in [7, 11) is 1.69. The largest absolute Gasteiger partial charge is 0.382 e. The first-order chi connectivity index (χ1) is 6.86. The standard InChI is InChI=1S/C11H14ClNO/c1-14-9-10-4-2-5-11(8-10)13-7-3-6-12/h2-6,8,13H,7,9H2,1H3/b6-3+. The Hall–Kier alpha value is -0.990. The molecule has 1 aromatic rings. The molecule has 0 fully saturated rings. The van der Waals surface area contributed by atoms with Crippen LogP contribution in [0.2, 0.25) is 0 Å². The maximum Gasteiger partial charge on any atom is 0.0713 e. The normalized spacial score (nSPS) is 10.7. The van der Waals surface area contributed by atoms with E-state index in [-0.39, 0.29) is 0 Å². The fourth-order valence-corrected chi connectivity index (χ4v) is 1.25. The molecular formula is C11H14ClNO. The molecule has 0 spiro atoms. The van der Waals surface area contributed by atoms with E-state index in [1.807, 2.05) is 24.3 Å². The summed E-state index contributed by atoms with van der Waals surface area (Å²) in [6.45, 7) is 1.38. The molecule has 0 aliphatic heterocycles. The van der Waals surface area contributed by atoms with Crippen LogP contribution in [0.3, 0.4) is 0 Å². The van der Waals surface area contributed by atoms with Gasteiger partial charge in [-0.3, -0.25) is 0 Å². The molecular weight excluding hydrogens is 198 g/mol. The van der Waals surface area contributed by atoms with Crippen molar-refractivity contribution in [2.45, 2.75) is 6.61 Å². The second kappa shape index (κ2) is 6.46. The van der Waals surface area contributed by atoms with Gasteiger partial charge in [0.15, 0.2) is 0 Å². The van der Waals surface area contributed by atoms with Crippen molar-refractivity contribution in [2.75, 3.05) is 19.0 Å². The van der Waals surface area contributed by atoms with Crippen molar-refractivity contribution >= 4 is 17.3 Å². The Kier molecular flexibility index (Phi) is 5.12. The van der Waals surface area contributed by atoms with Gasteiger partial charge in [-0.1, -0.05) is 29.8 Å². The Morgan fingerprint density at radius 3 is 3.07 bits per heavy atom. The quantitative estimate of drug-likeness (QED) is 0.809. The van der Waals surface area contributed by atoms with E-state index in [0.717, 1.165) is 17.8 Å². The first kappa shape index (κ1) is 11.1. The number of halogens is 1. The zero-order valence-electron chi connectivity index (χ0n) is 8.16. The summed E-state index contributed by atoms with van der Waals surface area (Å²) >= 11 is 5.41. The Balaban J connectivity index is 2.54. The van der Waals surface area contributed by atoms with Gasteiger partial charge in [0.25, 0.3) is 0 Å². The minimum absolute atomic E-state index is 0.640. The van der Waals surface area contributed by atoms with Gasteiger partial charge in [0.05, 0.1) is 6.61 Å². The Morgan fingerprint density at radius 2 is 2.36 bits per heavy atom. The van der Waals surface area contributed by atoms with Crippen LogP contribution < -0.4 is 5.32 Å². The molecule has 0 saturated carbocycles. The van der Waals surface area contributed by atoms with Crippen LogP contribution in [-0.4, -0.2) is 13.7 Å². The van der Waals surface area contributed by atoms with Gasteiger partial charge in [-0.25, -0.2) is 0 Å². The second-order valence-corrected chi connectivity index (χ2v) is 3.13. The van der Waals surface area contributed by atoms with Gasteiger partial charge in [0.1, 0.15) is 0 Å². The molecule has 1 aromatic carbocycles. The van der Waals surface area contributed by atoms with E-state index in [1.54, 1.807) is 7.11 Å². The van der Waals surface area contributed by atoms with Crippen LogP contribution in [0.25, 0.3) is 0 Å². The maximum absolute atomic E-state index is 5.41. The lowest BCUT2D eigenvalue weighted by molar-refractivity contribution is 0.185. The highest BCUT2D eigenvalue weighted by Gasteiger charge is 1.93. The van der Waals surface area contributed by atoms with Gasteiger partial charge in [0.2, 0.25) is 0 Å². The molecule has 1 rings (SSSR count). The number of ether oxygens (including phenoxy) is 1. The number of rotatable bonds is 5. The molecule has 3 heteroatoms. The Bertz CT molecular complexity index is 299. The Morgan fingerprint density at radius 1 is 1.50 bits per heavy atom. The predicted octanol–water partition coefficient (Wildman–Crippen LogP) is 3.00. The molecule has 0 unspecified atom stereocenters. The van der Waals surface area contributed by atoms with Gasteiger partial charge in [-0.05, 0) is 17.7 Å². The topological polar surface area (TPSA) is 21.3 Å². The van der Waals surface area contributed by atoms with Crippen LogP contribution >= 0.6 is 11.6 Å². The molecule has 0 aliphatic rings. The molecule has 1 N–H and O–H groups in total. The Labute approximate surface area is 89.5 Å². The van der Waals surface area contributed by atoms with Gasteiger partial charge in [0, 0.05) is 24.9 Å². The summed E-state index contributed by atoms with van der Waals surface area (Å²) in [5, 5.41) is 3.22. The summed E-state index contributed by atoms with van der Waals surface area (Å²) in [5.41, 5.74) is 3.74. The number of anilines is 1. The van der Waals surface area contributed by atoms with Crippen molar-refractivity contribution in [2.24, 2.45) is 0 Å². The highest BCUT2D eigenvalue weighted by Crippen LogP contribution is 2.10. The average Bonchev–Trinajstić information content (AvgIpc) is 2.19. The molecule has 0 amide bonds. The molecule has 0 bridgehead atoms. The number of nitrogens with one attached hydrogen (secondary N) is 1. The lowest BCUT2D eigenvalue weighted by Crippen LogP contribution is -1.98. The van der Waals surface area contributed by atoms with E-state index in [4.69, 9.17) is 16.3 Å².